The molecule has 0 aliphatic heterocycles. The number of carbonyl (C=O) groups is 1. The van der Waals surface area contributed by atoms with Crippen LogP contribution in [0.4, 0.5) is 5.69 Å². The molecular weight excluding hydrogens is 358 g/mol. The first-order valence-corrected chi connectivity index (χ1v) is 9.02. The molecule has 0 spiro atoms. The number of carbonyl (C=O) groups excluding carboxylic acids is 1. The van der Waals surface area contributed by atoms with Crippen LogP contribution in [0.3, 0.4) is 0 Å². The molecule has 134 valence electrons. The van der Waals surface area contributed by atoms with Crippen LogP contribution >= 0.6 is 11.6 Å². The van der Waals surface area contributed by atoms with Gasteiger partial charge in [-0.2, -0.15) is 0 Å². The highest BCUT2D eigenvalue weighted by Crippen LogP contribution is 2.30. The topological polar surface area (TPSA) is 57.8 Å². The third-order valence-corrected chi connectivity index (χ3v) is 4.82. The molecule has 4 nitrogen and oxygen atoms in total. The van der Waals surface area contributed by atoms with Crippen molar-refractivity contribution in [3.8, 4) is 11.4 Å². The molecule has 0 aliphatic rings. The molecule has 1 aromatic heterocycles. The standard InChI is InChI=1S/C22H18ClN3O/c1-13-7-9-16(14(2)11-13)22(27)24-15-8-10-18(23)17(12-15)21-25-19-5-3-4-6-20(19)26-21/h3-12H,1-2H3,(H,24,27)(H,25,26). The number of hydrogen-bond acceptors (Lipinski definition) is 2. The average molecular weight is 376 g/mol. The van der Waals surface area contributed by atoms with Crippen molar-refractivity contribution in [3.63, 3.8) is 0 Å². The Labute approximate surface area is 162 Å². The molecule has 27 heavy (non-hydrogen) atoms. The molecule has 1 amide bonds. The number of aromatic amines is 1. The monoisotopic (exact) mass is 375 g/mol. The van der Waals surface area contributed by atoms with Gasteiger partial charge in [-0.15, -0.1) is 0 Å². The number of aryl methyl sites for hydroxylation is 2. The number of amides is 1. The van der Waals surface area contributed by atoms with Crippen LogP contribution in [0.1, 0.15) is 21.5 Å². The second kappa shape index (κ2) is 6.89. The summed E-state index contributed by atoms with van der Waals surface area (Å²) >= 11 is 6.38. The maximum absolute atomic E-state index is 12.7. The van der Waals surface area contributed by atoms with Gasteiger partial charge in [0.1, 0.15) is 5.82 Å². The van der Waals surface area contributed by atoms with Crippen molar-refractivity contribution in [2.24, 2.45) is 0 Å². The second-order valence-electron chi connectivity index (χ2n) is 6.57. The minimum atomic E-state index is -0.148. The minimum absolute atomic E-state index is 0.148. The molecule has 4 aromatic rings. The molecule has 1 heterocycles. The van der Waals surface area contributed by atoms with Crippen molar-refractivity contribution in [2.45, 2.75) is 13.8 Å². The number of H-pyrrole nitrogens is 1. The van der Waals surface area contributed by atoms with Crippen LogP contribution in [0.5, 0.6) is 0 Å². The molecule has 5 heteroatoms. The normalized spacial score (nSPS) is 10.9. The van der Waals surface area contributed by atoms with Gasteiger partial charge in [0.25, 0.3) is 5.91 Å². The predicted molar refractivity (Wildman–Crippen MR) is 110 cm³/mol. The van der Waals surface area contributed by atoms with Crippen molar-refractivity contribution in [1.29, 1.82) is 0 Å². The number of halogens is 1. The molecule has 0 atom stereocenters. The summed E-state index contributed by atoms with van der Waals surface area (Å²) in [5.41, 5.74) is 5.94. The van der Waals surface area contributed by atoms with Crippen molar-refractivity contribution in [1.82, 2.24) is 9.97 Å². The number of benzene rings is 3. The van der Waals surface area contributed by atoms with Crippen LogP contribution in [0.25, 0.3) is 22.4 Å². The number of nitrogens with one attached hydrogen (secondary N) is 2. The zero-order chi connectivity index (χ0) is 19.0. The lowest BCUT2D eigenvalue weighted by Gasteiger charge is -2.10. The quantitative estimate of drug-likeness (QED) is 0.478. The van der Waals surface area contributed by atoms with Gasteiger partial charge in [-0.05, 0) is 55.8 Å². The Balaban J connectivity index is 1.67. The molecule has 0 fully saturated rings. The highest BCUT2D eigenvalue weighted by Gasteiger charge is 2.13. The summed E-state index contributed by atoms with van der Waals surface area (Å²) in [5.74, 6) is 0.522. The lowest BCUT2D eigenvalue weighted by molar-refractivity contribution is 0.102. The summed E-state index contributed by atoms with van der Waals surface area (Å²) in [5, 5.41) is 3.52. The maximum atomic E-state index is 12.7. The minimum Gasteiger partial charge on any atom is -0.338 e. The van der Waals surface area contributed by atoms with Crippen LogP contribution in [0.2, 0.25) is 5.02 Å². The summed E-state index contributed by atoms with van der Waals surface area (Å²) in [7, 11) is 0. The average Bonchev–Trinajstić information content (AvgIpc) is 3.07. The Kier molecular flexibility index (Phi) is 4.42. The molecule has 0 saturated heterocycles. The van der Waals surface area contributed by atoms with E-state index in [4.69, 9.17) is 11.6 Å². The first-order valence-electron chi connectivity index (χ1n) is 8.64. The Bertz CT molecular complexity index is 1130. The van der Waals surface area contributed by atoms with E-state index in [-0.39, 0.29) is 5.91 Å². The van der Waals surface area contributed by atoms with E-state index < -0.39 is 0 Å². The van der Waals surface area contributed by atoms with E-state index in [2.05, 4.69) is 15.3 Å². The summed E-state index contributed by atoms with van der Waals surface area (Å²) in [6.07, 6.45) is 0. The van der Waals surface area contributed by atoms with Crippen molar-refractivity contribution >= 4 is 34.2 Å². The Morgan fingerprint density at radius 1 is 1.04 bits per heavy atom. The highest BCUT2D eigenvalue weighted by molar-refractivity contribution is 6.33. The van der Waals surface area contributed by atoms with Crippen LogP contribution in [-0.2, 0) is 0 Å². The molecule has 0 aliphatic carbocycles. The Morgan fingerprint density at radius 2 is 1.85 bits per heavy atom. The summed E-state index contributed by atoms with van der Waals surface area (Å²) in [6.45, 7) is 3.94. The fraction of sp³-hybridized carbons (Fsp3) is 0.0909. The molecule has 0 bridgehead atoms. The van der Waals surface area contributed by atoms with Crippen LogP contribution in [0.15, 0.2) is 60.7 Å². The molecule has 4 rings (SSSR count). The van der Waals surface area contributed by atoms with Gasteiger partial charge in [-0.1, -0.05) is 41.4 Å². The van der Waals surface area contributed by atoms with E-state index in [1.165, 1.54) is 0 Å². The van der Waals surface area contributed by atoms with Gasteiger partial charge in [0, 0.05) is 16.8 Å². The van der Waals surface area contributed by atoms with Gasteiger partial charge in [0.2, 0.25) is 0 Å². The lowest BCUT2D eigenvalue weighted by atomic mass is 10.0. The molecule has 2 N–H and O–H groups in total. The first-order chi connectivity index (χ1) is 13.0. The SMILES string of the molecule is Cc1ccc(C(=O)Nc2ccc(Cl)c(-c3nc4ccccc4[nH]3)c2)c(C)c1. The third kappa shape index (κ3) is 3.44. The van der Waals surface area contributed by atoms with Crippen LogP contribution in [-0.4, -0.2) is 15.9 Å². The number of nitrogens with zero attached hydrogens (tertiary/aromatic N) is 1. The number of anilines is 1. The smallest absolute Gasteiger partial charge is 0.255 e. The zero-order valence-corrected chi connectivity index (χ0v) is 15.8. The van der Waals surface area contributed by atoms with Crippen LogP contribution in [0, 0.1) is 13.8 Å². The van der Waals surface area contributed by atoms with Crippen LogP contribution < -0.4 is 5.32 Å². The van der Waals surface area contributed by atoms with Gasteiger partial charge in [-0.25, -0.2) is 4.98 Å². The van der Waals surface area contributed by atoms with Gasteiger partial charge >= 0.3 is 0 Å². The molecule has 0 saturated carbocycles. The van der Waals surface area contributed by atoms with Gasteiger partial charge in [0.05, 0.1) is 16.1 Å². The summed E-state index contributed by atoms with van der Waals surface area (Å²) in [4.78, 5) is 20.5. The van der Waals surface area contributed by atoms with E-state index in [1.54, 1.807) is 12.1 Å². The van der Waals surface area contributed by atoms with Gasteiger partial charge < -0.3 is 10.3 Å². The molecule has 0 radical (unpaired) electrons. The molecule has 3 aromatic carbocycles. The van der Waals surface area contributed by atoms with Crippen molar-refractivity contribution < 1.29 is 4.79 Å². The van der Waals surface area contributed by atoms with Crippen molar-refractivity contribution in [2.75, 3.05) is 5.32 Å². The predicted octanol–water partition coefficient (Wildman–Crippen LogP) is 5.75. The van der Waals surface area contributed by atoms with E-state index in [9.17, 15) is 4.79 Å². The largest absolute Gasteiger partial charge is 0.338 e. The number of fused-ring (bicyclic) bond motifs is 1. The molecule has 0 unspecified atom stereocenters. The highest BCUT2D eigenvalue weighted by atomic mass is 35.5. The van der Waals surface area contributed by atoms with E-state index >= 15 is 0 Å². The van der Waals surface area contributed by atoms with Gasteiger partial charge in [-0.3, -0.25) is 4.79 Å². The Hall–Kier alpha value is -3.11. The third-order valence-electron chi connectivity index (χ3n) is 4.50. The van der Waals surface area contributed by atoms with E-state index in [1.807, 2.05) is 62.4 Å². The fourth-order valence-electron chi connectivity index (χ4n) is 3.13. The molecular formula is C22H18ClN3O. The fourth-order valence-corrected chi connectivity index (χ4v) is 3.34. The number of aromatic nitrogens is 2. The van der Waals surface area contributed by atoms with E-state index in [0.717, 1.165) is 27.7 Å². The van der Waals surface area contributed by atoms with E-state index in [0.29, 0.717) is 22.1 Å². The summed E-state index contributed by atoms with van der Waals surface area (Å²) in [6, 6.07) is 19.0. The van der Waals surface area contributed by atoms with Crippen molar-refractivity contribution in [3.05, 3.63) is 82.4 Å². The maximum Gasteiger partial charge on any atom is 0.255 e. The zero-order valence-electron chi connectivity index (χ0n) is 15.0. The second-order valence-corrected chi connectivity index (χ2v) is 6.98. The van der Waals surface area contributed by atoms with Gasteiger partial charge in [0.15, 0.2) is 0 Å². The number of para-hydroxylation sites is 2. The lowest BCUT2D eigenvalue weighted by Crippen LogP contribution is -2.13. The summed E-state index contributed by atoms with van der Waals surface area (Å²) < 4.78 is 0. The first kappa shape index (κ1) is 17.3. The number of hydrogen-bond donors (Lipinski definition) is 2. The number of rotatable bonds is 3. The Morgan fingerprint density at radius 3 is 2.63 bits per heavy atom. The number of imidazole rings is 1.